The first-order valence-corrected chi connectivity index (χ1v) is 6.81. The van der Waals surface area contributed by atoms with E-state index >= 15 is 0 Å². The summed E-state index contributed by atoms with van der Waals surface area (Å²) in [5, 5.41) is 8.55. The molecule has 0 unspecified atom stereocenters. The number of hydrogen-bond acceptors (Lipinski definition) is 2. The zero-order valence-corrected chi connectivity index (χ0v) is 12.2. The zero-order valence-electron chi connectivity index (χ0n) is 10.6. The molecule has 0 saturated carbocycles. The van der Waals surface area contributed by atoms with Crippen molar-refractivity contribution < 1.29 is 14.6 Å². The largest absolute Gasteiger partial charge is 0.489 e. The van der Waals surface area contributed by atoms with Gasteiger partial charge in [0.15, 0.2) is 0 Å². The number of aliphatic carboxylic acids is 1. The second-order valence-corrected chi connectivity index (χ2v) is 5.07. The molecule has 0 bridgehead atoms. The van der Waals surface area contributed by atoms with E-state index in [1.54, 1.807) is 6.08 Å². The van der Waals surface area contributed by atoms with Crippen LogP contribution in [0.4, 0.5) is 0 Å². The van der Waals surface area contributed by atoms with E-state index in [0.29, 0.717) is 6.61 Å². The molecule has 102 valence electrons. The maximum absolute atomic E-state index is 10.4. The minimum absolute atomic E-state index is 0.490. The van der Waals surface area contributed by atoms with Crippen LogP contribution in [0.25, 0.3) is 6.08 Å². The van der Waals surface area contributed by atoms with E-state index in [0.717, 1.165) is 27.4 Å². The summed E-state index contributed by atoms with van der Waals surface area (Å²) in [6, 6.07) is 15.2. The highest BCUT2D eigenvalue weighted by atomic mass is 79.9. The molecular weight excluding hydrogens is 320 g/mol. The molecule has 0 aliphatic heterocycles. The standard InChI is InChI=1S/C16H13BrO3/c17-14-3-1-2-13(10-14)11-20-15-7-4-12(5-8-15)6-9-16(18)19/h1-10H,11H2,(H,18,19). The smallest absolute Gasteiger partial charge is 0.328 e. The quantitative estimate of drug-likeness (QED) is 0.837. The first kappa shape index (κ1) is 14.3. The van der Waals surface area contributed by atoms with E-state index in [2.05, 4.69) is 15.9 Å². The van der Waals surface area contributed by atoms with Crippen LogP contribution in [0.5, 0.6) is 5.75 Å². The van der Waals surface area contributed by atoms with Crippen LogP contribution in [0.15, 0.2) is 59.1 Å². The highest BCUT2D eigenvalue weighted by Gasteiger charge is 1.97. The summed E-state index contributed by atoms with van der Waals surface area (Å²) < 4.78 is 6.69. The predicted octanol–water partition coefficient (Wildman–Crippen LogP) is 4.13. The molecule has 0 aliphatic carbocycles. The minimum atomic E-state index is -0.958. The second kappa shape index (κ2) is 6.91. The minimum Gasteiger partial charge on any atom is -0.489 e. The number of rotatable bonds is 5. The van der Waals surface area contributed by atoms with Crippen molar-refractivity contribution >= 4 is 28.0 Å². The third kappa shape index (κ3) is 4.55. The van der Waals surface area contributed by atoms with Crippen LogP contribution in [-0.2, 0) is 11.4 Å². The Morgan fingerprint density at radius 3 is 2.60 bits per heavy atom. The molecule has 0 saturated heterocycles. The normalized spacial score (nSPS) is 10.7. The number of benzene rings is 2. The first-order valence-electron chi connectivity index (χ1n) is 6.02. The number of hydrogen-bond donors (Lipinski definition) is 1. The Labute approximate surface area is 125 Å². The predicted molar refractivity (Wildman–Crippen MR) is 81.6 cm³/mol. The maximum atomic E-state index is 10.4. The lowest BCUT2D eigenvalue weighted by Gasteiger charge is -2.06. The Morgan fingerprint density at radius 2 is 1.95 bits per heavy atom. The van der Waals surface area contributed by atoms with Gasteiger partial charge in [-0.05, 0) is 41.5 Å². The number of ether oxygens (including phenoxy) is 1. The van der Waals surface area contributed by atoms with E-state index in [9.17, 15) is 4.79 Å². The molecule has 20 heavy (non-hydrogen) atoms. The van der Waals surface area contributed by atoms with E-state index in [1.807, 2.05) is 48.5 Å². The van der Waals surface area contributed by atoms with Gasteiger partial charge in [0.05, 0.1) is 0 Å². The Bertz CT molecular complexity index is 618. The molecule has 3 nitrogen and oxygen atoms in total. The summed E-state index contributed by atoms with van der Waals surface area (Å²) in [5.74, 6) is -0.211. The van der Waals surface area contributed by atoms with E-state index in [1.165, 1.54) is 0 Å². The fraction of sp³-hybridized carbons (Fsp3) is 0.0625. The van der Waals surface area contributed by atoms with Gasteiger partial charge < -0.3 is 9.84 Å². The first-order chi connectivity index (χ1) is 9.63. The zero-order chi connectivity index (χ0) is 14.4. The molecule has 0 heterocycles. The van der Waals surface area contributed by atoms with Crippen molar-refractivity contribution in [2.24, 2.45) is 0 Å². The van der Waals surface area contributed by atoms with Crippen molar-refractivity contribution in [1.29, 1.82) is 0 Å². The summed E-state index contributed by atoms with van der Waals surface area (Å²) in [4.78, 5) is 10.4. The van der Waals surface area contributed by atoms with Gasteiger partial charge in [-0.2, -0.15) is 0 Å². The van der Waals surface area contributed by atoms with Crippen LogP contribution in [0.1, 0.15) is 11.1 Å². The third-order valence-corrected chi connectivity index (χ3v) is 3.09. The molecule has 0 radical (unpaired) electrons. The SMILES string of the molecule is O=C(O)C=Cc1ccc(OCc2cccc(Br)c2)cc1. The van der Waals surface area contributed by atoms with Gasteiger partial charge in [-0.3, -0.25) is 0 Å². The topological polar surface area (TPSA) is 46.5 Å². The lowest BCUT2D eigenvalue weighted by atomic mass is 10.2. The molecule has 2 aromatic carbocycles. The molecule has 2 aromatic rings. The summed E-state index contributed by atoms with van der Waals surface area (Å²) in [7, 11) is 0. The lowest BCUT2D eigenvalue weighted by molar-refractivity contribution is -0.131. The lowest BCUT2D eigenvalue weighted by Crippen LogP contribution is -1.95. The molecule has 0 fully saturated rings. The van der Waals surface area contributed by atoms with E-state index in [-0.39, 0.29) is 0 Å². The third-order valence-electron chi connectivity index (χ3n) is 2.59. The monoisotopic (exact) mass is 332 g/mol. The molecule has 1 N–H and O–H groups in total. The Balaban J connectivity index is 1.95. The molecule has 0 amide bonds. The van der Waals surface area contributed by atoms with Gasteiger partial charge in [-0.1, -0.05) is 40.2 Å². The van der Waals surface area contributed by atoms with E-state index in [4.69, 9.17) is 9.84 Å². The van der Waals surface area contributed by atoms with Gasteiger partial charge in [0.1, 0.15) is 12.4 Å². The fourth-order valence-corrected chi connectivity index (χ4v) is 2.08. The van der Waals surface area contributed by atoms with Crippen molar-refractivity contribution in [3.8, 4) is 5.75 Å². The Hall–Kier alpha value is -2.07. The number of halogens is 1. The van der Waals surface area contributed by atoms with Crippen molar-refractivity contribution in [2.75, 3.05) is 0 Å². The average molecular weight is 333 g/mol. The van der Waals surface area contributed by atoms with Crippen LogP contribution in [0, 0.1) is 0 Å². The molecule has 0 aromatic heterocycles. The summed E-state index contributed by atoms with van der Waals surface area (Å²) in [6.07, 6.45) is 2.65. The van der Waals surface area contributed by atoms with Crippen molar-refractivity contribution in [3.05, 3.63) is 70.2 Å². The van der Waals surface area contributed by atoms with Gasteiger partial charge in [0.2, 0.25) is 0 Å². The van der Waals surface area contributed by atoms with Crippen LogP contribution in [0.2, 0.25) is 0 Å². The van der Waals surface area contributed by atoms with Gasteiger partial charge in [-0.15, -0.1) is 0 Å². The Kier molecular flexibility index (Phi) is 4.96. The highest BCUT2D eigenvalue weighted by Crippen LogP contribution is 2.17. The maximum Gasteiger partial charge on any atom is 0.328 e. The van der Waals surface area contributed by atoms with Crippen molar-refractivity contribution in [2.45, 2.75) is 6.61 Å². The number of carbonyl (C=O) groups is 1. The molecule has 0 aliphatic rings. The molecular formula is C16H13BrO3. The molecule has 0 atom stereocenters. The summed E-state index contributed by atoms with van der Waals surface area (Å²) in [5.41, 5.74) is 1.90. The summed E-state index contributed by atoms with van der Waals surface area (Å²) >= 11 is 3.42. The molecule has 4 heteroatoms. The highest BCUT2D eigenvalue weighted by molar-refractivity contribution is 9.10. The van der Waals surface area contributed by atoms with Crippen LogP contribution >= 0.6 is 15.9 Å². The Morgan fingerprint density at radius 1 is 1.20 bits per heavy atom. The summed E-state index contributed by atoms with van der Waals surface area (Å²) in [6.45, 7) is 0.490. The fourth-order valence-electron chi connectivity index (χ4n) is 1.64. The van der Waals surface area contributed by atoms with Crippen molar-refractivity contribution in [1.82, 2.24) is 0 Å². The molecule has 0 spiro atoms. The number of carboxylic acids is 1. The van der Waals surface area contributed by atoms with Gasteiger partial charge >= 0.3 is 5.97 Å². The average Bonchev–Trinajstić information content (AvgIpc) is 2.44. The van der Waals surface area contributed by atoms with E-state index < -0.39 is 5.97 Å². The van der Waals surface area contributed by atoms with Crippen LogP contribution < -0.4 is 4.74 Å². The van der Waals surface area contributed by atoms with Crippen LogP contribution in [0.3, 0.4) is 0 Å². The van der Waals surface area contributed by atoms with Crippen molar-refractivity contribution in [3.63, 3.8) is 0 Å². The number of carboxylic acid groups (broad SMARTS) is 1. The molecule has 2 rings (SSSR count). The van der Waals surface area contributed by atoms with Gasteiger partial charge in [0.25, 0.3) is 0 Å². The van der Waals surface area contributed by atoms with Gasteiger partial charge in [0, 0.05) is 10.5 Å². The van der Waals surface area contributed by atoms with Crippen LogP contribution in [-0.4, -0.2) is 11.1 Å². The van der Waals surface area contributed by atoms with Gasteiger partial charge in [-0.25, -0.2) is 4.79 Å². The second-order valence-electron chi connectivity index (χ2n) is 4.16.